The van der Waals surface area contributed by atoms with Crippen LogP contribution in [0, 0.1) is 0 Å². The van der Waals surface area contributed by atoms with Gasteiger partial charge >= 0.3 is 0 Å². The van der Waals surface area contributed by atoms with Crippen LogP contribution >= 0.6 is 34.8 Å². The van der Waals surface area contributed by atoms with Crippen LogP contribution in [0.15, 0.2) is 72.8 Å². The lowest BCUT2D eigenvalue weighted by molar-refractivity contribution is -0.143. The molecule has 3 aromatic rings. The second kappa shape index (κ2) is 13.5. The Labute approximate surface area is 227 Å². The summed E-state index contributed by atoms with van der Waals surface area (Å²) < 4.78 is 5.74. The Hall–Kier alpha value is -2.73. The summed E-state index contributed by atoms with van der Waals surface area (Å²) >= 11 is 18.4. The fraction of sp³-hybridized carbons (Fsp3) is 0.286. The van der Waals surface area contributed by atoms with Gasteiger partial charge in [0.15, 0.2) is 6.61 Å². The Bertz CT molecular complexity index is 1170. The molecular formula is C28H29Cl3N2O3. The summed E-state index contributed by atoms with van der Waals surface area (Å²) in [6.07, 6.45) is 1.11. The standard InChI is InChI=1S/C28H29Cl3N2O3/c1-3-19(2)32-28(35)25(15-20-8-5-4-6-9-20)33(17-21-10-7-11-22(29)14-21)27(34)18-36-26-13-12-23(30)16-24(26)31/h4-14,16,19,25H,3,15,17-18H2,1-2H3,(H,32,35)/t19-,25-/m0/s1. The Morgan fingerprint density at radius 2 is 1.61 bits per heavy atom. The van der Waals surface area contributed by atoms with Crippen molar-refractivity contribution in [1.82, 2.24) is 10.2 Å². The number of carbonyl (C=O) groups is 2. The Kier molecular flexibility index (Phi) is 10.5. The molecule has 36 heavy (non-hydrogen) atoms. The smallest absolute Gasteiger partial charge is 0.261 e. The lowest BCUT2D eigenvalue weighted by Gasteiger charge is -2.32. The number of ether oxygens (including phenoxy) is 1. The average Bonchev–Trinajstić information content (AvgIpc) is 2.86. The second-order valence-electron chi connectivity index (χ2n) is 8.54. The molecule has 0 bridgehead atoms. The molecule has 1 N–H and O–H groups in total. The normalized spacial score (nSPS) is 12.5. The molecule has 0 heterocycles. The lowest BCUT2D eigenvalue weighted by Crippen LogP contribution is -2.53. The van der Waals surface area contributed by atoms with E-state index in [0.29, 0.717) is 27.2 Å². The minimum Gasteiger partial charge on any atom is -0.482 e. The maximum atomic E-state index is 13.6. The van der Waals surface area contributed by atoms with Gasteiger partial charge in [-0.25, -0.2) is 0 Å². The van der Waals surface area contributed by atoms with Crippen LogP contribution in [0.25, 0.3) is 0 Å². The van der Waals surface area contributed by atoms with Crippen molar-refractivity contribution >= 4 is 46.6 Å². The summed E-state index contributed by atoms with van der Waals surface area (Å²) in [5, 5.41) is 4.35. The average molecular weight is 548 g/mol. The van der Waals surface area contributed by atoms with Gasteiger partial charge in [-0.15, -0.1) is 0 Å². The van der Waals surface area contributed by atoms with Crippen molar-refractivity contribution in [3.05, 3.63) is 99.0 Å². The van der Waals surface area contributed by atoms with E-state index in [2.05, 4.69) is 5.32 Å². The maximum absolute atomic E-state index is 13.6. The molecule has 8 heteroatoms. The quantitative estimate of drug-likeness (QED) is 0.295. The van der Waals surface area contributed by atoms with Gasteiger partial charge < -0.3 is 15.0 Å². The topological polar surface area (TPSA) is 58.6 Å². The first-order valence-corrected chi connectivity index (χ1v) is 12.9. The van der Waals surface area contributed by atoms with E-state index in [-0.39, 0.29) is 31.0 Å². The van der Waals surface area contributed by atoms with Gasteiger partial charge in [-0.2, -0.15) is 0 Å². The highest BCUT2D eigenvalue weighted by molar-refractivity contribution is 6.35. The highest BCUT2D eigenvalue weighted by atomic mass is 35.5. The third-order valence-electron chi connectivity index (χ3n) is 5.76. The largest absolute Gasteiger partial charge is 0.482 e. The monoisotopic (exact) mass is 546 g/mol. The van der Waals surface area contributed by atoms with Crippen molar-refractivity contribution in [3.63, 3.8) is 0 Å². The van der Waals surface area contributed by atoms with Crippen LogP contribution in [0.2, 0.25) is 15.1 Å². The van der Waals surface area contributed by atoms with Gasteiger partial charge in [0.25, 0.3) is 5.91 Å². The molecule has 0 radical (unpaired) electrons. The number of carbonyl (C=O) groups excluding carboxylic acids is 2. The van der Waals surface area contributed by atoms with Crippen molar-refractivity contribution in [2.45, 2.75) is 45.3 Å². The molecule has 0 spiro atoms. The van der Waals surface area contributed by atoms with E-state index in [9.17, 15) is 9.59 Å². The van der Waals surface area contributed by atoms with E-state index in [4.69, 9.17) is 39.5 Å². The van der Waals surface area contributed by atoms with E-state index in [1.54, 1.807) is 35.2 Å². The molecule has 0 aliphatic rings. The first kappa shape index (κ1) is 27.9. The molecule has 0 saturated heterocycles. The van der Waals surface area contributed by atoms with Crippen LogP contribution in [0.1, 0.15) is 31.4 Å². The zero-order chi connectivity index (χ0) is 26.1. The minimum atomic E-state index is -0.767. The van der Waals surface area contributed by atoms with Gasteiger partial charge in [-0.3, -0.25) is 9.59 Å². The molecule has 3 aromatic carbocycles. The number of rotatable bonds is 11. The molecule has 0 unspecified atom stereocenters. The van der Waals surface area contributed by atoms with E-state index in [1.807, 2.05) is 56.3 Å². The molecule has 0 fully saturated rings. The fourth-order valence-electron chi connectivity index (χ4n) is 3.64. The molecule has 0 saturated carbocycles. The number of benzene rings is 3. The van der Waals surface area contributed by atoms with Crippen molar-refractivity contribution < 1.29 is 14.3 Å². The predicted molar refractivity (Wildman–Crippen MR) is 146 cm³/mol. The lowest BCUT2D eigenvalue weighted by atomic mass is 10.0. The summed E-state index contributed by atoms with van der Waals surface area (Å²) in [5.74, 6) is -0.255. The first-order valence-electron chi connectivity index (χ1n) is 11.7. The van der Waals surface area contributed by atoms with Gasteiger partial charge in [0.05, 0.1) is 5.02 Å². The predicted octanol–water partition coefficient (Wildman–Crippen LogP) is 6.58. The van der Waals surface area contributed by atoms with Crippen molar-refractivity contribution in [2.75, 3.05) is 6.61 Å². The van der Waals surface area contributed by atoms with Crippen LogP contribution in [-0.4, -0.2) is 35.4 Å². The summed E-state index contributed by atoms with van der Waals surface area (Å²) in [4.78, 5) is 28.6. The Morgan fingerprint density at radius 1 is 0.917 bits per heavy atom. The third kappa shape index (κ3) is 8.16. The number of hydrogen-bond acceptors (Lipinski definition) is 3. The van der Waals surface area contributed by atoms with Crippen molar-refractivity contribution in [3.8, 4) is 5.75 Å². The number of nitrogens with one attached hydrogen (secondary N) is 1. The SMILES string of the molecule is CC[C@H](C)NC(=O)[C@H](Cc1ccccc1)N(Cc1cccc(Cl)c1)C(=O)COc1ccc(Cl)cc1Cl. The first-order chi connectivity index (χ1) is 17.3. The molecule has 190 valence electrons. The minimum absolute atomic E-state index is 0.0389. The van der Waals surface area contributed by atoms with Gasteiger partial charge in [0, 0.05) is 29.1 Å². The van der Waals surface area contributed by atoms with Gasteiger partial charge in [-0.1, -0.05) is 84.2 Å². The highest BCUT2D eigenvalue weighted by Crippen LogP contribution is 2.27. The van der Waals surface area contributed by atoms with E-state index in [1.165, 1.54) is 0 Å². The summed E-state index contributed by atoms with van der Waals surface area (Å²) in [5.41, 5.74) is 1.74. The van der Waals surface area contributed by atoms with Gasteiger partial charge in [0.2, 0.25) is 5.91 Å². The molecule has 0 aliphatic heterocycles. The molecule has 2 amide bonds. The number of halogens is 3. The molecule has 5 nitrogen and oxygen atoms in total. The van der Waals surface area contributed by atoms with Crippen LogP contribution in [0.4, 0.5) is 0 Å². The zero-order valence-corrected chi connectivity index (χ0v) is 22.5. The number of hydrogen-bond donors (Lipinski definition) is 1. The zero-order valence-electron chi connectivity index (χ0n) is 20.2. The number of nitrogens with zero attached hydrogens (tertiary/aromatic N) is 1. The van der Waals surface area contributed by atoms with Crippen molar-refractivity contribution in [1.29, 1.82) is 0 Å². The van der Waals surface area contributed by atoms with E-state index >= 15 is 0 Å². The molecular weight excluding hydrogens is 519 g/mol. The number of amides is 2. The molecule has 3 rings (SSSR count). The highest BCUT2D eigenvalue weighted by Gasteiger charge is 2.31. The Morgan fingerprint density at radius 3 is 2.28 bits per heavy atom. The summed E-state index contributed by atoms with van der Waals surface area (Å²) in [6, 6.07) is 20.8. The molecule has 2 atom stereocenters. The van der Waals surface area contributed by atoms with Gasteiger partial charge in [0.1, 0.15) is 11.8 Å². The van der Waals surface area contributed by atoms with Crippen LogP contribution in [0.5, 0.6) is 5.75 Å². The van der Waals surface area contributed by atoms with Crippen LogP contribution < -0.4 is 10.1 Å². The van der Waals surface area contributed by atoms with Gasteiger partial charge in [-0.05, 0) is 54.8 Å². The Balaban J connectivity index is 1.92. The summed E-state index contributed by atoms with van der Waals surface area (Å²) in [6.45, 7) is 3.81. The van der Waals surface area contributed by atoms with Crippen LogP contribution in [-0.2, 0) is 22.6 Å². The third-order valence-corrected chi connectivity index (χ3v) is 6.52. The molecule has 0 aromatic heterocycles. The fourth-order valence-corrected chi connectivity index (χ4v) is 4.32. The second-order valence-corrected chi connectivity index (χ2v) is 9.82. The van der Waals surface area contributed by atoms with Crippen molar-refractivity contribution in [2.24, 2.45) is 0 Å². The maximum Gasteiger partial charge on any atom is 0.261 e. The van der Waals surface area contributed by atoms with E-state index in [0.717, 1.165) is 17.5 Å². The van der Waals surface area contributed by atoms with Crippen LogP contribution in [0.3, 0.4) is 0 Å². The summed E-state index contributed by atoms with van der Waals surface area (Å²) in [7, 11) is 0. The molecule has 0 aliphatic carbocycles. The van der Waals surface area contributed by atoms with E-state index < -0.39 is 6.04 Å².